The number of alkyl halides is 2. The SMILES string of the molecule is COC(=O)Cc1ncnc(NCc2cccc(C(C)(F)F)c2F)c1C1OCCO1. The van der Waals surface area contributed by atoms with Gasteiger partial charge < -0.3 is 19.5 Å². The normalized spacial score (nSPS) is 14.8. The van der Waals surface area contributed by atoms with E-state index in [-0.39, 0.29) is 24.3 Å². The molecule has 2 heterocycles. The fraction of sp³-hybridized carbons (Fsp3) is 0.421. The zero-order valence-electron chi connectivity index (χ0n) is 15.9. The molecule has 0 atom stereocenters. The van der Waals surface area contributed by atoms with Crippen molar-refractivity contribution < 1.29 is 32.2 Å². The molecule has 156 valence electrons. The Kier molecular flexibility index (Phi) is 6.33. The van der Waals surface area contributed by atoms with Crippen LogP contribution in [0.15, 0.2) is 24.5 Å². The van der Waals surface area contributed by atoms with E-state index in [1.54, 1.807) is 0 Å². The predicted octanol–water partition coefficient (Wildman–Crippen LogP) is 3.10. The molecule has 1 saturated heterocycles. The van der Waals surface area contributed by atoms with Crippen LogP contribution >= 0.6 is 0 Å². The van der Waals surface area contributed by atoms with Gasteiger partial charge in [0.15, 0.2) is 6.29 Å². The maximum Gasteiger partial charge on any atom is 0.311 e. The average molecular weight is 411 g/mol. The highest BCUT2D eigenvalue weighted by atomic mass is 19.3. The van der Waals surface area contributed by atoms with Crippen LogP contribution in [0.25, 0.3) is 0 Å². The lowest BCUT2D eigenvalue weighted by atomic mass is 10.0. The van der Waals surface area contributed by atoms with E-state index in [4.69, 9.17) is 9.47 Å². The Labute approximate surface area is 165 Å². The van der Waals surface area contributed by atoms with Crippen LogP contribution in [0, 0.1) is 5.82 Å². The van der Waals surface area contributed by atoms with E-state index in [1.807, 2.05) is 0 Å². The molecule has 0 radical (unpaired) electrons. The van der Waals surface area contributed by atoms with Gasteiger partial charge in [-0.05, 0) is 0 Å². The van der Waals surface area contributed by atoms with Crippen molar-refractivity contribution in [2.24, 2.45) is 0 Å². The highest BCUT2D eigenvalue weighted by molar-refractivity contribution is 5.73. The summed E-state index contributed by atoms with van der Waals surface area (Å²) in [5.74, 6) is -4.57. The third-order valence-electron chi connectivity index (χ3n) is 4.36. The molecule has 1 aliphatic heterocycles. The topological polar surface area (TPSA) is 82.6 Å². The van der Waals surface area contributed by atoms with Crippen LogP contribution in [0.2, 0.25) is 0 Å². The molecule has 0 bridgehead atoms. The molecule has 1 N–H and O–H groups in total. The van der Waals surface area contributed by atoms with Crippen molar-refractivity contribution in [1.29, 1.82) is 0 Å². The summed E-state index contributed by atoms with van der Waals surface area (Å²) in [5, 5.41) is 2.91. The van der Waals surface area contributed by atoms with Gasteiger partial charge in [-0.2, -0.15) is 0 Å². The maximum atomic E-state index is 14.5. The Morgan fingerprint density at radius 3 is 2.69 bits per heavy atom. The monoisotopic (exact) mass is 411 g/mol. The summed E-state index contributed by atoms with van der Waals surface area (Å²) in [5.41, 5.74) is 0.0632. The van der Waals surface area contributed by atoms with Gasteiger partial charge in [0.1, 0.15) is 18.0 Å². The lowest BCUT2D eigenvalue weighted by Crippen LogP contribution is -2.17. The van der Waals surface area contributed by atoms with Crippen LogP contribution in [-0.4, -0.2) is 36.3 Å². The number of benzene rings is 1. The van der Waals surface area contributed by atoms with Crippen molar-refractivity contribution in [3.63, 3.8) is 0 Å². The van der Waals surface area contributed by atoms with Crippen molar-refractivity contribution in [3.8, 4) is 0 Å². The minimum Gasteiger partial charge on any atom is -0.469 e. The van der Waals surface area contributed by atoms with Gasteiger partial charge in [0.25, 0.3) is 5.92 Å². The number of nitrogens with zero attached hydrogens (tertiary/aromatic N) is 2. The number of carbonyl (C=O) groups excluding carboxylic acids is 1. The number of ether oxygens (including phenoxy) is 3. The highest BCUT2D eigenvalue weighted by Crippen LogP contribution is 2.33. The average Bonchev–Trinajstić information content (AvgIpc) is 3.20. The largest absolute Gasteiger partial charge is 0.469 e. The number of nitrogens with one attached hydrogen (secondary N) is 1. The third-order valence-corrected chi connectivity index (χ3v) is 4.36. The molecular formula is C19H20F3N3O4. The molecular weight excluding hydrogens is 391 g/mol. The van der Waals surface area contributed by atoms with Crippen molar-refractivity contribution >= 4 is 11.8 Å². The smallest absolute Gasteiger partial charge is 0.311 e. The first kappa shape index (κ1) is 21.0. The number of esters is 1. The zero-order valence-corrected chi connectivity index (χ0v) is 15.9. The lowest BCUT2D eigenvalue weighted by molar-refractivity contribution is -0.139. The number of carbonyl (C=O) groups is 1. The van der Waals surface area contributed by atoms with Crippen LogP contribution < -0.4 is 5.32 Å². The predicted molar refractivity (Wildman–Crippen MR) is 95.7 cm³/mol. The van der Waals surface area contributed by atoms with Crippen LogP contribution in [0.4, 0.5) is 19.0 Å². The Hall–Kier alpha value is -2.72. The van der Waals surface area contributed by atoms with E-state index in [0.29, 0.717) is 31.4 Å². The summed E-state index contributed by atoms with van der Waals surface area (Å²) in [6, 6.07) is 3.81. The Morgan fingerprint density at radius 2 is 2.03 bits per heavy atom. The van der Waals surface area contributed by atoms with E-state index in [9.17, 15) is 18.0 Å². The van der Waals surface area contributed by atoms with E-state index in [0.717, 1.165) is 6.07 Å². The second-order valence-corrected chi connectivity index (χ2v) is 6.43. The summed E-state index contributed by atoms with van der Waals surface area (Å²) in [4.78, 5) is 19.9. The minimum atomic E-state index is -3.31. The number of rotatable bonds is 7. The number of halogens is 3. The second-order valence-electron chi connectivity index (χ2n) is 6.43. The van der Waals surface area contributed by atoms with Gasteiger partial charge in [0, 0.05) is 19.0 Å². The molecule has 2 aromatic rings. The molecule has 3 rings (SSSR count). The summed E-state index contributed by atoms with van der Waals surface area (Å²) < 4.78 is 57.4. The van der Waals surface area contributed by atoms with Crippen LogP contribution in [0.1, 0.15) is 35.6 Å². The van der Waals surface area contributed by atoms with Crippen molar-refractivity contribution in [1.82, 2.24) is 9.97 Å². The number of anilines is 1. The van der Waals surface area contributed by atoms with Crippen LogP contribution in [-0.2, 0) is 37.9 Å². The molecule has 10 heteroatoms. The van der Waals surface area contributed by atoms with Gasteiger partial charge in [0.05, 0.1) is 43.6 Å². The summed E-state index contributed by atoms with van der Waals surface area (Å²) in [6.07, 6.45) is 0.277. The minimum absolute atomic E-state index is 0.0383. The highest BCUT2D eigenvalue weighted by Gasteiger charge is 2.30. The molecule has 1 aliphatic rings. The number of hydrogen-bond donors (Lipinski definition) is 1. The summed E-state index contributed by atoms with van der Waals surface area (Å²) >= 11 is 0. The van der Waals surface area contributed by atoms with Gasteiger partial charge in [-0.25, -0.2) is 23.1 Å². The molecule has 29 heavy (non-hydrogen) atoms. The zero-order chi connectivity index (χ0) is 21.0. The Bertz CT molecular complexity index is 883. The Balaban J connectivity index is 1.89. The fourth-order valence-corrected chi connectivity index (χ4v) is 2.93. The lowest BCUT2D eigenvalue weighted by Gasteiger charge is -2.19. The van der Waals surface area contributed by atoms with Gasteiger partial charge in [-0.15, -0.1) is 0 Å². The van der Waals surface area contributed by atoms with E-state index >= 15 is 0 Å². The number of hydrogen-bond acceptors (Lipinski definition) is 7. The first-order chi connectivity index (χ1) is 13.8. The fourth-order valence-electron chi connectivity index (χ4n) is 2.93. The van der Waals surface area contributed by atoms with E-state index in [2.05, 4.69) is 20.0 Å². The first-order valence-corrected chi connectivity index (χ1v) is 8.84. The van der Waals surface area contributed by atoms with Gasteiger partial charge in [-0.1, -0.05) is 18.2 Å². The van der Waals surface area contributed by atoms with Crippen molar-refractivity contribution in [2.75, 3.05) is 25.6 Å². The molecule has 0 aliphatic carbocycles. The molecule has 1 fully saturated rings. The summed E-state index contributed by atoms with van der Waals surface area (Å²) in [7, 11) is 1.25. The van der Waals surface area contributed by atoms with E-state index < -0.39 is 29.6 Å². The molecule has 7 nitrogen and oxygen atoms in total. The first-order valence-electron chi connectivity index (χ1n) is 8.84. The molecule has 1 aromatic heterocycles. The van der Waals surface area contributed by atoms with Crippen molar-refractivity contribution in [3.05, 3.63) is 52.7 Å². The Morgan fingerprint density at radius 1 is 1.31 bits per heavy atom. The van der Waals surface area contributed by atoms with Gasteiger partial charge in [-0.3, -0.25) is 4.79 Å². The van der Waals surface area contributed by atoms with Crippen LogP contribution in [0.5, 0.6) is 0 Å². The third kappa shape index (κ3) is 4.83. The standard InChI is InChI=1S/C19H20F3N3O4/c1-19(21,22)12-5-3-4-11(16(12)20)9-23-17-15(18-28-6-7-29-18)13(24-10-25-17)8-14(26)27-2/h3-5,10,18H,6-9H2,1-2H3,(H,23,24,25). The summed E-state index contributed by atoms with van der Waals surface area (Å²) in [6.45, 7) is 1.21. The van der Waals surface area contributed by atoms with E-state index in [1.165, 1.54) is 25.6 Å². The molecule has 0 spiro atoms. The molecule has 0 unspecified atom stereocenters. The number of aromatic nitrogens is 2. The second kappa shape index (κ2) is 8.75. The van der Waals surface area contributed by atoms with Gasteiger partial charge >= 0.3 is 5.97 Å². The number of methoxy groups -OCH3 is 1. The van der Waals surface area contributed by atoms with Crippen molar-refractivity contribution in [2.45, 2.75) is 32.1 Å². The molecule has 0 saturated carbocycles. The van der Waals surface area contributed by atoms with Gasteiger partial charge in [0.2, 0.25) is 0 Å². The maximum absolute atomic E-state index is 14.5. The molecule has 0 amide bonds. The molecule has 1 aromatic carbocycles. The quantitative estimate of drug-likeness (QED) is 0.701. The van der Waals surface area contributed by atoms with Crippen LogP contribution in [0.3, 0.4) is 0 Å².